The molecular formula is C11H15N3O3S2. The maximum Gasteiger partial charge on any atom is 0.330 e. The number of rotatable bonds is 5. The Balaban J connectivity index is 2.15. The van der Waals surface area contributed by atoms with E-state index in [4.69, 9.17) is 0 Å². The summed E-state index contributed by atoms with van der Waals surface area (Å²) in [4.78, 5) is 24.0. The van der Waals surface area contributed by atoms with Crippen LogP contribution < -0.4 is 5.32 Å². The lowest BCUT2D eigenvalue weighted by molar-refractivity contribution is -0.143. The van der Waals surface area contributed by atoms with Crippen molar-refractivity contribution in [1.82, 2.24) is 14.9 Å². The Morgan fingerprint density at radius 1 is 1.53 bits per heavy atom. The lowest BCUT2D eigenvalue weighted by Crippen LogP contribution is -2.54. The van der Waals surface area contributed by atoms with Crippen LogP contribution in [-0.4, -0.2) is 43.6 Å². The van der Waals surface area contributed by atoms with E-state index in [-0.39, 0.29) is 5.91 Å². The first kappa shape index (κ1) is 14.3. The zero-order chi connectivity index (χ0) is 13.9. The standard InChI is InChI=1S/C11H15N3O3S2/c1-2-3-7-8(19-14-13-7)9(15)12-11(10(16)17)4-5-18-6-11/h2-6H2,1H3,(H,12,15)(H,16,17). The first-order valence-corrected chi connectivity index (χ1v) is 7.97. The highest BCUT2D eigenvalue weighted by Gasteiger charge is 2.43. The monoisotopic (exact) mass is 301 g/mol. The largest absolute Gasteiger partial charge is 0.479 e. The number of nitrogens with one attached hydrogen (secondary N) is 1. The van der Waals surface area contributed by atoms with E-state index in [0.717, 1.165) is 23.7 Å². The number of carbonyl (C=O) groups excluding carboxylic acids is 1. The van der Waals surface area contributed by atoms with Gasteiger partial charge in [-0.15, -0.1) is 5.10 Å². The summed E-state index contributed by atoms with van der Waals surface area (Å²) in [6.45, 7) is 1.99. The molecule has 19 heavy (non-hydrogen) atoms. The molecule has 1 aliphatic heterocycles. The zero-order valence-electron chi connectivity index (χ0n) is 10.5. The molecule has 1 aromatic heterocycles. The molecule has 8 heteroatoms. The topological polar surface area (TPSA) is 92.2 Å². The molecule has 2 N–H and O–H groups in total. The molecule has 1 unspecified atom stereocenters. The van der Waals surface area contributed by atoms with Gasteiger partial charge in [-0.25, -0.2) is 4.79 Å². The van der Waals surface area contributed by atoms with E-state index >= 15 is 0 Å². The highest BCUT2D eigenvalue weighted by atomic mass is 32.2. The summed E-state index contributed by atoms with van der Waals surface area (Å²) in [5, 5.41) is 15.9. The van der Waals surface area contributed by atoms with Crippen LogP contribution in [0.1, 0.15) is 35.1 Å². The average Bonchev–Trinajstić information content (AvgIpc) is 2.99. The summed E-state index contributed by atoms with van der Waals surface area (Å²) in [5.41, 5.74) is -0.494. The fourth-order valence-electron chi connectivity index (χ4n) is 1.94. The van der Waals surface area contributed by atoms with Crippen LogP contribution in [0.2, 0.25) is 0 Å². The molecule has 0 spiro atoms. The second kappa shape index (κ2) is 5.87. The minimum atomic E-state index is -1.14. The second-order valence-electron chi connectivity index (χ2n) is 4.44. The van der Waals surface area contributed by atoms with Crippen molar-refractivity contribution in [2.75, 3.05) is 11.5 Å². The number of nitrogens with zero attached hydrogens (tertiary/aromatic N) is 2. The molecule has 1 atom stereocenters. The molecule has 2 heterocycles. The van der Waals surface area contributed by atoms with Crippen molar-refractivity contribution in [1.29, 1.82) is 0 Å². The summed E-state index contributed by atoms with van der Waals surface area (Å²) in [5.74, 6) is -0.192. The maximum atomic E-state index is 12.2. The van der Waals surface area contributed by atoms with E-state index in [2.05, 4.69) is 14.9 Å². The highest BCUT2D eigenvalue weighted by molar-refractivity contribution is 7.99. The number of hydrogen-bond acceptors (Lipinski definition) is 6. The van der Waals surface area contributed by atoms with Crippen molar-refractivity contribution >= 4 is 35.2 Å². The molecular weight excluding hydrogens is 286 g/mol. The Bertz CT molecular complexity index is 483. The number of aromatic nitrogens is 2. The van der Waals surface area contributed by atoms with Crippen LogP contribution in [-0.2, 0) is 11.2 Å². The van der Waals surface area contributed by atoms with Gasteiger partial charge >= 0.3 is 5.97 Å². The predicted octanol–water partition coefficient (Wildman–Crippen LogP) is 1.18. The molecule has 0 aliphatic carbocycles. The van der Waals surface area contributed by atoms with Crippen molar-refractivity contribution in [3.63, 3.8) is 0 Å². The summed E-state index contributed by atoms with van der Waals surface area (Å²) in [7, 11) is 0. The molecule has 0 radical (unpaired) electrons. The summed E-state index contributed by atoms with van der Waals surface area (Å²) < 4.78 is 3.78. The predicted molar refractivity (Wildman–Crippen MR) is 73.7 cm³/mol. The van der Waals surface area contributed by atoms with Gasteiger partial charge < -0.3 is 10.4 Å². The fourth-order valence-corrected chi connectivity index (χ4v) is 3.87. The van der Waals surface area contributed by atoms with Crippen molar-refractivity contribution in [2.24, 2.45) is 0 Å². The van der Waals surface area contributed by atoms with E-state index in [1.807, 2.05) is 6.92 Å². The number of carboxylic acid groups (broad SMARTS) is 1. The van der Waals surface area contributed by atoms with Gasteiger partial charge in [-0.3, -0.25) is 4.79 Å². The first-order chi connectivity index (χ1) is 9.09. The van der Waals surface area contributed by atoms with E-state index < -0.39 is 11.5 Å². The second-order valence-corrected chi connectivity index (χ2v) is 6.30. The Kier molecular flexibility index (Phi) is 4.41. The molecule has 6 nitrogen and oxygen atoms in total. The lowest BCUT2D eigenvalue weighted by Gasteiger charge is -2.24. The smallest absolute Gasteiger partial charge is 0.330 e. The molecule has 0 bridgehead atoms. The number of carbonyl (C=O) groups is 2. The van der Waals surface area contributed by atoms with Crippen LogP contribution in [0.15, 0.2) is 0 Å². The number of carboxylic acids is 1. The Hall–Kier alpha value is -1.15. The van der Waals surface area contributed by atoms with Crippen molar-refractivity contribution in [3.05, 3.63) is 10.6 Å². The summed E-state index contributed by atoms with van der Waals surface area (Å²) in [6, 6.07) is 0. The van der Waals surface area contributed by atoms with Gasteiger partial charge in [-0.1, -0.05) is 17.8 Å². The molecule has 1 aromatic rings. The van der Waals surface area contributed by atoms with Gasteiger partial charge in [0.25, 0.3) is 5.91 Å². The van der Waals surface area contributed by atoms with Crippen molar-refractivity contribution < 1.29 is 14.7 Å². The molecule has 1 saturated heterocycles. The van der Waals surface area contributed by atoms with Gasteiger partial charge in [-0.2, -0.15) is 11.8 Å². The van der Waals surface area contributed by atoms with Crippen LogP contribution in [0.3, 0.4) is 0 Å². The van der Waals surface area contributed by atoms with E-state index in [0.29, 0.717) is 29.2 Å². The minimum absolute atomic E-state index is 0.372. The van der Waals surface area contributed by atoms with Gasteiger partial charge in [0, 0.05) is 5.75 Å². The van der Waals surface area contributed by atoms with Crippen LogP contribution in [0.4, 0.5) is 0 Å². The fraction of sp³-hybridized carbons (Fsp3) is 0.636. The number of aryl methyl sites for hydroxylation is 1. The Labute approximate surface area is 119 Å². The van der Waals surface area contributed by atoms with Gasteiger partial charge in [0.1, 0.15) is 10.4 Å². The third kappa shape index (κ3) is 2.89. The SMILES string of the molecule is CCCc1nnsc1C(=O)NC1(C(=O)O)CCSC1. The molecule has 104 valence electrons. The quantitative estimate of drug-likeness (QED) is 0.848. The lowest BCUT2D eigenvalue weighted by atomic mass is 9.99. The van der Waals surface area contributed by atoms with Crippen LogP contribution in [0, 0.1) is 0 Å². The van der Waals surface area contributed by atoms with Gasteiger partial charge in [0.15, 0.2) is 0 Å². The number of thioether (sulfide) groups is 1. The number of hydrogen-bond donors (Lipinski definition) is 2. The number of aliphatic carboxylic acids is 1. The van der Waals surface area contributed by atoms with Gasteiger partial charge in [0.05, 0.1) is 5.69 Å². The molecule has 2 rings (SSSR count). The molecule has 0 aromatic carbocycles. The first-order valence-electron chi connectivity index (χ1n) is 6.04. The van der Waals surface area contributed by atoms with Gasteiger partial charge in [-0.05, 0) is 30.1 Å². The van der Waals surface area contributed by atoms with Crippen LogP contribution >= 0.6 is 23.3 Å². The highest BCUT2D eigenvalue weighted by Crippen LogP contribution is 2.29. The van der Waals surface area contributed by atoms with Crippen LogP contribution in [0.25, 0.3) is 0 Å². The van der Waals surface area contributed by atoms with Crippen molar-refractivity contribution in [3.8, 4) is 0 Å². The van der Waals surface area contributed by atoms with Gasteiger partial charge in [0.2, 0.25) is 0 Å². The average molecular weight is 301 g/mol. The van der Waals surface area contributed by atoms with E-state index in [9.17, 15) is 14.7 Å². The molecule has 1 fully saturated rings. The van der Waals surface area contributed by atoms with Crippen LogP contribution in [0.5, 0.6) is 0 Å². The molecule has 1 amide bonds. The molecule has 0 saturated carbocycles. The Morgan fingerprint density at radius 2 is 2.32 bits per heavy atom. The summed E-state index contributed by atoms with van der Waals surface area (Å²) in [6.07, 6.45) is 1.99. The summed E-state index contributed by atoms with van der Waals surface area (Å²) >= 11 is 2.56. The third-order valence-corrected chi connectivity index (χ3v) is 4.99. The van der Waals surface area contributed by atoms with E-state index in [1.54, 1.807) is 0 Å². The maximum absolute atomic E-state index is 12.2. The van der Waals surface area contributed by atoms with Crippen molar-refractivity contribution in [2.45, 2.75) is 31.7 Å². The zero-order valence-corrected chi connectivity index (χ0v) is 12.1. The Morgan fingerprint density at radius 3 is 2.89 bits per heavy atom. The molecule has 1 aliphatic rings. The van der Waals surface area contributed by atoms with E-state index in [1.165, 1.54) is 11.8 Å². The third-order valence-electron chi connectivity index (χ3n) is 3.03. The number of amides is 1. The minimum Gasteiger partial charge on any atom is -0.479 e. The normalized spacial score (nSPS) is 22.4.